The number of benzene rings is 2. The van der Waals surface area contributed by atoms with Crippen molar-refractivity contribution in [1.82, 2.24) is 9.47 Å². The molecule has 0 N–H and O–H groups in total. The van der Waals surface area contributed by atoms with Crippen molar-refractivity contribution in [3.63, 3.8) is 0 Å². The van der Waals surface area contributed by atoms with Gasteiger partial charge in [-0.1, -0.05) is 12.1 Å². The molecule has 0 bridgehead atoms. The summed E-state index contributed by atoms with van der Waals surface area (Å²) < 4.78 is 16.2. The average molecular weight is 337 g/mol. The molecule has 25 heavy (non-hydrogen) atoms. The lowest BCUT2D eigenvalue weighted by atomic mass is 10.1. The summed E-state index contributed by atoms with van der Waals surface area (Å²) in [6.45, 7) is 8.45. The molecule has 0 amide bonds. The fourth-order valence-corrected chi connectivity index (χ4v) is 3.75. The maximum atomic E-state index is 14.1. The number of hydrogen-bond acceptors (Lipinski definition) is 2. The first-order valence-corrected chi connectivity index (χ1v) is 8.85. The van der Waals surface area contributed by atoms with Gasteiger partial charge in [-0.25, -0.2) is 4.39 Å². The van der Waals surface area contributed by atoms with E-state index in [4.69, 9.17) is 0 Å². The molecule has 1 fully saturated rings. The van der Waals surface area contributed by atoms with Gasteiger partial charge >= 0.3 is 0 Å². The minimum Gasteiger partial charge on any atom is -0.369 e. The molecule has 4 heteroatoms. The highest BCUT2D eigenvalue weighted by molar-refractivity contribution is 5.85. The molecule has 1 saturated heterocycles. The molecular formula is C21H24FN3. The topological polar surface area (TPSA) is 11.4 Å². The Labute approximate surface area is 148 Å². The fraction of sp³-hybridized carbons (Fsp3) is 0.333. The van der Waals surface area contributed by atoms with Gasteiger partial charge in [0.1, 0.15) is 5.82 Å². The highest BCUT2D eigenvalue weighted by Crippen LogP contribution is 2.29. The predicted molar refractivity (Wildman–Crippen MR) is 102 cm³/mol. The molecule has 1 aromatic heterocycles. The van der Waals surface area contributed by atoms with Crippen LogP contribution in [0.2, 0.25) is 0 Å². The number of fused-ring (bicyclic) bond motifs is 1. The normalized spacial score (nSPS) is 15.9. The summed E-state index contributed by atoms with van der Waals surface area (Å²) in [4.78, 5) is 4.82. The second-order valence-corrected chi connectivity index (χ2v) is 7.07. The van der Waals surface area contributed by atoms with Gasteiger partial charge in [0.2, 0.25) is 0 Å². The third-order valence-corrected chi connectivity index (χ3v) is 5.31. The van der Waals surface area contributed by atoms with Crippen LogP contribution in [0.15, 0.2) is 42.6 Å². The van der Waals surface area contributed by atoms with Crippen molar-refractivity contribution in [3.05, 3.63) is 59.5 Å². The van der Waals surface area contributed by atoms with Gasteiger partial charge in [0.05, 0.1) is 5.52 Å². The van der Waals surface area contributed by atoms with E-state index in [9.17, 15) is 4.39 Å². The Morgan fingerprint density at radius 2 is 1.60 bits per heavy atom. The fourth-order valence-electron chi connectivity index (χ4n) is 3.75. The molecule has 1 aliphatic rings. The molecule has 130 valence electrons. The summed E-state index contributed by atoms with van der Waals surface area (Å²) in [7, 11) is 2.17. The van der Waals surface area contributed by atoms with Crippen LogP contribution in [0.3, 0.4) is 0 Å². The van der Waals surface area contributed by atoms with Crippen molar-refractivity contribution in [3.8, 4) is 5.69 Å². The summed E-state index contributed by atoms with van der Waals surface area (Å²) in [5.41, 5.74) is 5.69. The first kappa shape index (κ1) is 16.2. The standard InChI is InChI=1S/C21H24FN3/c1-15-4-6-17(14-20(15)24-12-10-23(3)11-13-24)25-9-8-18-19(22)7-5-16(2)21(18)25/h4-9,14H,10-13H2,1-3H3. The van der Waals surface area contributed by atoms with Crippen molar-refractivity contribution in [2.45, 2.75) is 13.8 Å². The van der Waals surface area contributed by atoms with E-state index in [0.717, 1.165) is 42.9 Å². The number of hydrogen-bond donors (Lipinski definition) is 0. The van der Waals surface area contributed by atoms with Crippen molar-refractivity contribution in [1.29, 1.82) is 0 Å². The smallest absolute Gasteiger partial charge is 0.132 e. The molecule has 0 saturated carbocycles. The SMILES string of the molecule is Cc1ccc(-n2ccc3c(F)ccc(C)c32)cc1N1CCN(C)CC1. The summed E-state index contributed by atoms with van der Waals surface area (Å²) >= 11 is 0. The lowest BCUT2D eigenvalue weighted by Crippen LogP contribution is -2.44. The zero-order valence-electron chi connectivity index (χ0n) is 15.1. The Balaban J connectivity index is 1.80. The molecule has 3 aromatic rings. The van der Waals surface area contributed by atoms with E-state index >= 15 is 0 Å². The van der Waals surface area contributed by atoms with Crippen LogP contribution in [0, 0.1) is 19.7 Å². The number of aromatic nitrogens is 1. The van der Waals surface area contributed by atoms with Gasteiger partial charge in [-0.15, -0.1) is 0 Å². The quantitative estimate of drug-likeness (QED) is 0.696. The lowest BCUT2D eigenvalue weighted by Gasteiger charge is -2.35. The summed E-state index contributed by atoms with van der Waals surface area (Å²) in [6, 6.07) is 11.8. The minimum absolute atomic E-state index is 0.161. The number of aryl methyl sites for hydroxylation is 2. The Kier molecular flexibility index (Phi) is 4.00. The second-order valence-electron chi connectivity index (χ2n) is 7.07. The first-order chi connectivity index (χ1) is 12.0. The Bertz CT molecular complexity index is 920. The predicted octanol–water partition coefficient (Wildman–Crippen LogP) is 4.14. The van der Waals surface area contributed by atoms with Crippen LogP contribution >= 0.6 is 0 Å². The van der Waals surface area contributed by atoms with Crippen molar-refractivity contribution in [2.24, 2.45) is 0 Å². The van der Waals surface area contributed by atoms with E-state index in [1.807, 2.05) is 25.3 Å². The second kappa shape index (κ2) is 6.19. The highest BCUT2D eigenvalue weighted by atomic mass is 19.1. The minimum atomic E-state index is -0.161. The van der Waals surface area contributed by atoms with Gasteiger partial charge in [-0.3, -0.25) is 0 Å². The number of likely N-dealkylation sites (N-methyl/N-ethyl adjacent to an activating group) is 1. The Morgan fingerprint density at radius 3 is 2.36 bits per heavy atom. The van der Waals surface area contributed by atoms with E-state index in [1.165, 1.54) is 11.3 Å². The maximum absolute atomic E-state index is 14.1. The van der Waals surface area contributed by atoms with E-state index in [0.29, 0.717) is 5.39 Å². The van der Waals surface area contributed by atoms with Crippen LogP contribution in [0.4, 0.5) is 10.1 Å². The molecule has 1 aliphatic heterocycles. The monoisotopic (exact) mass is 337 g/mol. The summed E-state index contributed by atoms with van der Waals surface area (Å²) in [6.07, 6.45) is 1.97. The van der Waals surface area contributed by atoms with E-state index in [1.54, 1.807) is 6.07 Å². The first-order valence-electron chi connectivity index (χ1n) is 8.85. The third kappa shape index (κ3) is 2.81. The largest absolute Gasteiger partial charge is 0.369 e. The van der Waals surface area contributed by atoms with Gasteiger partial charge in [-0.05, 0) is 56.3 Å². The van der Waals surface area contributed by atoms with Gasteiger partial charge in [0.15, 0.2) is 0 Å². The molecule has 0 aliphatic carbocycles. The molecule has 0 atom stereocenters. The van der Waals surface area contributed by atoms with Crippen LogP contribution in [-0.4, -0.2) is 42.7 Å². The molecule has 0 spiro atoms. The Morgan fingerprint density at radius 1 is 0.880 bits per heavy atom. The van der Waals surface area contributed by atoms with Crippen molar-refractivity contribution >= 4 is 16.6 Å². The van der Waals surface area contributed by atoms with Crippen molar-refractivity contribution in [2.75, 3.05) is 38.1 Å². The third-order valence-electron chi connectivity index (χ3n) is 5.31. The lowest BCUT2D eigenvalue weighted by molar-refractivity contribution is 0.312. The number of halogens is 1. The Hall–Kier alpha value is -2.33. The molecule has 0 unspecified atom stereocenters. The number of piperazine rings is 1. The number of anilines is 1. The zero-order valence-corrected chi connectivity index (χ0v) is 15.1. The van der Waals surface area contributed by atoms with Gasteiger partial charge in [0.25, 0.3) is 0 Å². The zero-order chi connectivity index (χ0) is 17.6. The average Bonchev–Trinajstić information content (AvgIpc) is 3.06. The van der Waals surface area contributed by atoms with Gasteiger partial charge in [-0.2, -0.15) is 0 Å². The molecule has 4 rings (SSSR count). The maximum Gasteiger partial charge on any atom is 0.132 e. The van der Waals surface area contributed by atoms with Crippen LogP contribution in [-0.2, 0) is 0 Å². The molecule has 0 radical (unpaired) electrons. The van der Waals surface area contributed by atoms with Gasteiger partial charge in [0, 0.05) is 49.1 Å². The molecule has 2 heterocycles. The molecule has 2 aromatic carbocycles. The van der Waals surface area contributed by atoms with Crippen LogP contribution < -0.4 is 4.90 Å². The van der Waals surface area contributed by atoms with Gasteiger partial charge < -0.3 is 14.4 Å². The van der Waals surface area contributed by atoms with E-state index in [2.05, 4.69) is 46.5 Å². The molecular weight excluding hydrogens is 313 g/mol. The number of nitrogens with zero attached hydrogens (tertiary/aromatic N) is 3. The van der Waals surface area contributed by atoms with Crippen molar-refractivity contribution < 1.29 is 4.39 Å². The van der Waals surface area contributed by atoms with E-state index in [-0.39, 0.29) is 5.82 Å². The number of rotatable bonds is 2. The summed E-state index contributed by atoms with van der Waals surface area (Å²) in [5.74, 6) is -0.161. The van der Waals surface area contributed by atoms with Crippen LogP contribution in [0.25, 0.3) is 16.6 Å². The van der Waals surface area contributed by atoms with Crippen LogP contribution in [0.5, 0.6) is 0 Å². The van der Waals surface area contributed by atoms with Crippen LogP contribution in [0.1, 0.15) is 11.1 Å². The van der Waals surface area contributed by atoms with E-state index < -0.39 is 0 Å². The highest BCUT2D eigenvalue weighted by Gasteiger charge is 2.17. The summed E-state index contributed by atoms with van der Waals surface area (Å²) in [5, 5.41) is 0.682. The molecule has 3 nitrogen and oxygen atoms in total.